The van der Waals surface area contributed by atoms with Gasteiger partial charge in [-0.25, -0.2) is 0 Å². The van der Waals surface area contributed by atoms with Crippen LogP contribution in [-0.2, 0) is 0 Å². The largest absolute Gasteiger partial charge is 0.0654 e. The monoisotopic (exact) mass is 376 g/mol. The third-order valence-electron chi connectivity index (χ3n) is 8.45. The van der Waals surface area contributed by atoms with Gasteiger partial charge in [0.05, 0.1) is 0 Å². The minimum absolute atomic E-state index is 0.894. The molecule has 0 amide bonds. The Morgan fingerprint density at radius 1 is 0.741 bits per heavy atom. The molecule has 0 nitrogen and oxygen atoms in total. The first kappa shape index (κ1) is 23.3. The predicted molar refractivity (Wildman–Crippen MR) is 122 cm³/mol. The Hall–Kier alpha value is 0. The van der Waals surface area contributed by atoms with Crippen molar-refractivity contribution in [3.05, 3.63) is 0 Å². The third-order valence-corrected chi connectivity index (χ3v) is 8.45. The first-order valence-corrected chi connectivity index (χ1v) is 12.9. The lowest BCUT2D eigenvalue weighted by Gasteiger charge is -2.30. The standard InChI is InChI=1S/C27H52/c1-8-10-12-13-15-23(17-16-20(5)14-11-9-2)27(24-18-21(24)6)26-22(7)25(26)19(3)4/h19-27H,8-18H2,1-7H3. The van der Waals surface area contributed by atoms with Crippen molar-refractivity contribution in [3.8, 4) is 0 Å². The van der Waals surface area contributed by atoms with E-state index in [9.17, 15) is 0 Å². The number of hydrogen-bond donors (Lipinski definition) is 0. The maximum Gasteiger partial charge on any atom is -0.0318 e. The van der Waals surface area contributed by atoms with Gasteiger partial charge >= 0.3 is 0 Å². The Morgan fingerprint density at radius 3 is 1.93 bits per heavy atom. The van der Waals surface area contributed by atoms with Gasteiger partial charge in [0.25, 0.3) is 0 Å². The molecule has 2 fully saturated rings. The topological polar surface area (TPSA) is 0 Å². The molecule has 0 aliphatic heterocycles. The fourth-order valence-electron chi connectivity index (χ4n) is 6.58. The number of hydrogen-bond acceptors (Lipinski definition) is 0. The van der Waals surface area contributed by atoms with Crippen LogP contribution in [0.4, 0.5) is 0 Å². The highest BCUT2D eigenvalue weighted by Crippen LogP contribution is 2.64. The summed E-state index contributed by atoms with van der Waals surface area (Å²) in [4.78, 5) is 0. The van der Waals surface area contributed by atoms with Crippen LogP contribution in [0.1, 0.15) is 119 Å². The summed E-state index contributed by atoms with van der Waals surface area (Å²) >= 11 is 0. The summed E-state index contributed by atoms with van der Waals surface area (Å²) in [6.07, 6.45) is 16.1. The Balaban J connectivity index is 2.00. The van der Waals surface area contributed by atoms with Crippen molar-refractivity contribution in [1.82, 2.24) is 0 Å². The molecule has 0 spiro atoms. The van der Waals surface area contributed by atoms with Crippen LogP contribution in [0.3, 0.4) is 0 Å². The Morgan fingerprint density at radius 2 is 1.41 bits per heavy atom. The first-order valence-electron chi connectivity index (χ1n) is 12.9. The molecule has 2 aliphatic carbocycles. The molecule has 8 unspecified atom stereocenters. The van der Waals surface area contributed by atoms with Gasteiger partial charge in [-0.2, -0.15) is 0 Å². The van der Waals surface area contributed by atoms with Crippen LogP contribution in [0.2, 0.25) is 0 Å². The Bertz CT molecular complexity index is 397. The quantitative estimate of drug-likeness (QED) is 0.250. The lowest BCUT2D eigenvalue weighted by molar-refractivity contribution is 0.189. The second-order valence-electron chi connectivity index (χ2n) is 11.1. The summed E-state index contributed by atoms with van der Waals surface area (Å²) in [7, 11) is 0. The summed E-state index contributed by atoms with van der Waals surface area (Å²) < 4.78 is 0. The van der Waals surface area contributed by atoms with Crippen LogP contribution in [-0.4, -0.2) is 0 Å². The van der Waals surface area contributed by atoms with E-state index in [1.165, 1.54) is 70.6 Å². The molecule has 8 atom stereocenters. The highest BCUT2D eigenvalue weighted by atomic mass is 14.6. The normalized spacial score (nSPS) is 33.1. The highest BCUT2D eigenvalue weighted by Gasteiger charge is 2.58. The van der Waals surface area contributed by atoms with Crippen molar-refractivity contribution in [2.45, 2.75) is 119 Å². The molecule has 0 aromatic heterocycles. The summed E-state index contributed by atoms with van der Waals surface area (Å²) in [5, 5.41) is 0. The zero-order valence-corrected chi connectivity index (χ0v) is 20.0. The molecule has 0 heteroatoms. The molecule has 2 saturated carbocycles. The first-order chi connectivity index (χ1) is 12.9. The van der Waals surface area contributed by atoms with Gasteiger partial charge in [0.2, 0.25) is 0 Å². The van der Waals surface area contributed by atoms with Crippen molar-refractivity contribution in [2.24, 2.45) is 53.3 Å². The van der Waals surface area contributed by atoms with Crippen molar-refractivity contribution in [2.75, 3.05) is 0 Å². The van der Waals surface area contributed by atoms with Crippen molar-refractivity contribution in [1.29, 1.82) is 0 Å². The van der Waals surface area contributed by atoms with E-state index in [1.807, 2.05) is 0 Å². The van der Waals surface area contributed by atoms with Gasteiger partial charge in [-0.3, -0.25) is 0 Å². The molecule has 27 heavy (non-hydrogen) atoms. The molecule has 160 valence electrons. The maximum atomic E-state index is 2.58. The van der Waals surface area contributed by atoms with E-state index in [0.29, 0.717) is 0 Å². The summed E-state index contributed by atoms with van der Waals surface area (Å²) in [6, 6.07) is 0. The zero-order chi connectivity index (χ0) is 20.0. The van der Waals surface area contributed by atoms with E-state index in [0.717, 1.165) is 53.3 Å². The van der Waals surface area contributed by atoms with Gasteiger partial charge in [0.15, 0.2) is 0 Å². The molecule has 0 aromatic rings. The van der Waals surface area contributed by atoms with E-state index >= 15 is 0 Å². The van der Waals surface area contributed by atoms with Crippen LogP contribution in [0, 0.1) is 53.3 Å². The Labute approximate surface area is 172 Å². The SMILES string of the molecule is CCCCCCC(CCC(C)CCCC)C(C1CC1C)C1C(C)C1C(C)C. The highest BCUT2D eigenvalue weighted by molar-refractivity contribution is 5.06. The zero-order valence-electron chi connectivity index (χ0n) is 20.0. The molecular formula is C27H52. The molecule has 0 heterocycles. The van der Waals surface area contributed by atoms with Crippen molar-refractivity contribution in [3.63, 3.8) is 0 Å². The lowest BCUT2D eigenvalue weighted by atomic mass is 9.75. The smallest absolute Gasteiger partial charge is 0.0318 e. The van der Waals surface area contributed by atoms with Gasteiger partial charge in [-0.15, -0.1) is 0 Å². The van der Waals surface area contributed by atoms with E-state index in [-0.39, 0.29) is 0 Å². The molecule has 2 rings (SSSR count). The predicted octanol–water partition coefficient (Wildman–Crippen LogP) is 8.99. The van der Waals surface area contributed by atoms with E-state index < -0.39 is 0 Å². The second-order valence-corrected chi connectivity index (χ2v) is 11.1. The fourth-order valence-corrected chi connectivity index (χ4v) is 6.58. The minimum Gasteiger partial charge on any atom is -0.0654 e. The van der Waals surface area contributed by atoms with E-state index in [1.54, 1.807) is 0 Å². The van der Waals surface area contributed by atoms with E-state index in [4.69, 9.17) is 0 Å². The lowest BCUT2D eigenvalue weighted by Crippen LogP contribution is -2.23. The van der Waals surface area contributed by atoms with Gasteiger partial charge in [0.1, 0.15) is 0 Å². The second kappa shape index (κ2) is 11.3. The third kappa shape index (κ3) is 6.78. The summed E-state index contributed by atoms with van der Waals surface area (Å²) in [6.45, 7) is 17.3. The summed E-state index contributed by atoms with van der Waals surface area (Å²) in [5.74, 6) is 9.09. The van der Waals surface area contributed by atoms with Gasteiger partial charge in [-0.05, 0) is 66.1 Å². The average Bonchev–Trinajstić information content (AvgIpc) is 3.51. The van der Waals surface area contributed by atoms with Gasteiger partial charge in [-0.1, -0.05) is 106 Å². The molecule has 0 aromatic carbocycles. The van der Waals surface area contributed by atoms with Crippen LogP contribution in [0.5, 0.6) is 0 Å². The van der Waals surface area contributed by atoms with Crippen LogP contribution in [0.15, 0.2) is 0 Å². The van der Waals surface area contributed by atoms with Crippen molar-refractivity contribution < 1.29 is 0 Å². The molecule has 0 radical (unpaired) electrons. The molecular weight excluding hydrogens is 324 g/mol. The minimum atomic E-state index is 0.894. The number of rotatable bonds is 15. The van der Waals surface area contributed by atoms with Gasteiger partial charge in [0, 0.05) is 0 Å². The molecule has 2 aliphatic rings. The number of unbranched alkanes of at least 4 members (excludes halogenated alkanes) is 4. The summed E-state index contributed by atoms with van der Waals surface area (Å²) in [5.41, 5.74) is 0. The van der Waals surface area contributed by atoms with Crippen LogP contribution >= 0.6 is 0 Å². The van der Waals surface area contributed by atoms with Crippen LogP contribution < -0.4 is 0 Å². The van der Waals surface area contributed by atoms with E-state index in [2.05, 4.69) is 48.5 Å². The average molecular weight is 377 g/mol. The van der Waals surface area contributed by atoms with Crippen LogP contribution in [0.25, 0.3) is 0 Å². The fraction of sp³-hybridized carbons (Fsp3) is 1.00. The Kier molecular flexibility index (Phi) is 9.70. The maximum absolute atomic E-state index is 2.58. The van der Waals surface area contributed by atoms with Crippen molar-refractivity contribution >= 4 is 0 Å². The van der Waals surface area contributed by atoms with Gasteiger partial charge < -0.3 is 0 Å². The molecule has 0 N–H and O–H groups in total. The molecule has 0 bridgehead atoms. The molecule has 0 saturated heterocycles.